The van der Waals surface area contributed by atoms with Gasteiger partial charge in [0, 0.05) is 5.30 Å². The number of benzene rings is 1. The monoisotopic (exact) mass is 224 g/mol. The number of hydrogen-bond acceptors (Lipinski definition) is 4. The molecule has 0 bridgehead atoms. The van der Waals surface area contributed by atoms with Crippen molar-refractivity contribution < 1.29 is 0 Å². The van der Waals surface area contributed by atoms with E-state index in [-0.39, 0.29) is 0 Å². The third kappa shape index (κ3) is 3.23. The van der Waals surface area contributed by atoms with E-state index >= 15 is 0 Å². The van der Waals surface area contributed by atoms with Gasteiger partial charge in [0.15, 0.2) is 8.22 Å². The summed E-state index contributed by atoms with van der Waals surface area (Å²) in [5.41, 5.74) is 0. The molecule has 0 aliphatic carbocycles. The molecule has 0 saturated carbocycles. The Bertz CT molecular complexity index is 349. The predicted octanol–water partition coefficient (Wildman–Crippen LogP) is 2.83. The Balaban J connectivity index is 3.01. The van der Waals surface area contributed by atoms with Gasteiger partial charge < -0.3 is 0 Å². The molecule has 1 rings (SSSR count). The van der Waals surface area contributed by atoms with Crippen LogP contribution in [-0.2, 0) is 0 Å². The number of rotatable bonds is 3. The lowest BCUT2D eigenvalue weighted by Gasteiger charge is -2.01. The lowest BCUT2D eigenvalue weighted by atomic mass is 10.4. The molecule has 0 aliphatic rings. The molecule has 2 nitrogen and oxygen atoms in total. The minimum atomic E-state index is -1.04. The summed E-state index contributed by atoms with van der Waals surface area (Å²) in [5.74, 6) is 0. The van der Waals surface area contributed by atoms with Crippen molar-refractivity contribution >= 4 is 48.3 Å². The summed E-state index contributed by atoms with van der Waals surface area (Å²) in [6.07, 6.45) is 0. The maximum atomic E-state index is 4.52. The molecule has 13 heavy (non-hydrogen) atoms. The van der Waals surface area contributed by atoms with E-state index in [1.54, 1.807) is 0 Å². The molecular weight excluding hydrogens is 219 g/mol. The Morgan fingerprint density at radius 1 is 1.00 bits per heavy atom. The van der Waals surface area contributed by atoms with Crippen LogP contribution in [0.1, 0.15) is 0 Å². The van der Waals surface area contributed by atoms with Crippen molar-refractivity contribution in [2.75, 3.05) is 0 Å². The molecule has 0 aromatic heterocycles. The molecular formula is C8H5N2PS2. The van der Waals surface area contributed by atoms with Crippen molar-refractivity contribution in [2.45, 2.75) is 0 Å². The fourth-order valence-electron chi connectivity index (χ4n) is 0.776. The molecule has 0 fully saturated rings. The fourth-order valence-corrected chi connectivity index (χ4v) is 2.11. The average molecular weight is 224 g/mol. The first-order chi connectivity index (χ1) is 6.38. The van der Waals surface area contributed by atoms with Crippen LogP contribution in [0, 0.1) is 0 Å². The SMILES string of the molecule is S=C=NP(N=C=S)c1ccccc1. The zero-order valence-corrected chi connectivity index (χ0v) is 9.07. The summed E-state index contributed by atoms with van der Waals surface area (Å²) in [5, 5.41) is 5.61. The van der Waals surface area contributed by atoms with E-state index in [1.165, 1.54) is 0 Å². The summed E-state index contributed by atoms with van der Waals surface area (Å²) in [6, 6.07) is 9.63. The van der Waals surface area contributed by atoms with Gasteiger partial charge in [0.1, 0.15) is 0 Å². The highest BCUT2D eigenvalue weighted by Gasteiger charge is 2.05. The van der Waals surface area contributed by atoms with Gasteiger partial charge in [-0.15, -0.1) is 0 Å². The van der Waals surface area contributed by atoms with Gasteiger partial charge in [-0.25, -0.2) is 0 Å². The van der Waals surface area contributed by atoms with E-state index in [0.717, 1.165) is 5.30 Å². The maximum Gasteiger partial charge on any atom is 0.190 e. The van der Waals surface area contributed by atoms with Crippen LogP contribution in [0.25, 0.3) is 0 Å². The Morgan fingerprint density at radius 2 is 1.54 bits per heavy atom. The van der Waals surface area contributed by atoms with E-state index < -0.39 is 8.22 Å². The summed E-state index contributed by atoms with van der Waals surface area (Å²) in [4.78, 5) is 0. The van der Waals surface area contributed by atoms with Crippen LogP contribution in [0.2, 0.25) is 0 Å². The largest absolute Gasteiger partial charge is 0.190 e. The van der Waals surface area contributed by atoms with Crippen LogP contribution in [-0.4, -0.2) is 10.3 Å². The van der Waals surface area contributed by atoms with Gasteiger partial charge in [0.05, 0.1) is 10.3 Å². The van der Waals surface area contributed by atoms with Gasteiger partial charge in [-0.1, -0.05) is 30.3 Å². The molecule has 1 aromatic rings. The number of isothiocyanates is 2. The predicted molar refractivity (Wildman–Crippen MR) is 63.0 cm³/mol. The highest BCUT2D eigenvalue weighted by atomic mass is 32.1. The third-order valence-electron chi connectivity index (χ3n) is 1.26. The first-order valence-corrected chi connectivity index (χ1v) is 5.45. The summed E-state index contributed by atoms with van der Waals surface area (Å²) in [6.45, 7) is 0. The van der Waals surface area contributed by atoms with Gasteiger partial charge in [-0.3, -0.25) is 0 Å². The van der Waals surface area contributed by atoms with E-state index in [1.807, 2.05) is 30.3 Å². The van der Waals surface area contributed by atoms with E-state index in [9.17, 15) is 0 Å². The molecule has 5 heteroatoms. The maximum absolute atomic E-state index is 4.52. The zero-order chi connectivity index (χ0) is 9.52. The van der Waals surface area contributed by atoms with Crippen LogP contribution in [0.5, 0.6) is 0 Å². The van der Waals surface area contributed by atoms with Crippen molar-refractivity contribution in [3.05, 3.63) is 30.3 Å². The first-order valence-electron chi connectivity index (χ1n) is 3.39. The van der Waals surface area contributed by atoms with Crippen LogP contribution in [0.15, 0.2) is 39.9 Å². The second-order valence-electron chi connectivity index (χ2n) is 2.01. The Hall–Kier alpha value is -0.750. The first kappa shape index (κ1) is 10.3. The number of nitrogens with zero attached hydrogens (tertiary/aromatic N) is 2. The zero-order valence-electron chi connectivity index (χ0n) is 6.54. The lowest BCUT2D eigenvalue weighted by molar-refractivity contribution is 1.73. The van der Waals surface area contributed by atoms with E-state index in [0.29, 0.717) is 0 Å². The Kier molecular flexibility index (Phi) is 4.63. The lowest BCUT2D eigenvalue weighted by Crippen LogP contribution is -1.94. The van der Waals surface area contributed by atoms with E-state index in [2.05, 4.69) is 44.3 Å². The van der Waals surface area contributed by atoms with Crippen LogP contribution in [0.3, 0.4) is 0 Å². The normalized spacial score (nSPS) is 10.8. The van der Waals surface area contributed by atoms with Crippen LogP contribution in [0.4, 0.5) is 0 Å². The van der Waals surface area contributed by atoms with Crippen molar-refractivity contribution in [1.82, 2.24) is 0 Å². The molecule has 0 N–H and O–H groups in total. The second-order valence-corrected chi connectivity index (χ2v) is 3.87. The minimum Gasteiger partial charge on any atom is -0.178 e. The summed E-state index contributed by atoms with van der Waals surface area (Å²) >= 11 is 9.04. The smallest absolute Gasteiger partial charge is 0.178 e. The van der Waals surface area contributed by atoms with E-state index in [4.69, 9.17) is 0 Å². The van der Waals surface area contributed by atoms with Crippen LogP contribution < -0.4 is 5.30 Å². The second kappa shape index (κ2) is 5.82. The Morgan fingerprint density at radius 3 is 2.00 bits per heavy atom. The summed E-state index contributed by atoms with van der Waals surface area (Å²) < 4.78 is 7.84. The van der Waals surface area contributed by atoms with Gasteiger partial charge in [0.2, 0.25) is 0 Å². The molecule has 0 unspecified atom stereocenters. The molecule has 0 spiro atoms. The third-order valence-corrected chi connectivity index (χ3v) is 3.05. The highest BCUT2D eigenvalue weighted by molar-refractivity contribution is 7.79. The van der Waals surface area contributed by atoms with Gasteiger partial charge in [0.25, 0.3) is 0 Å². The topological polar surface area (TPSA) is 24.7 Å². The van der Waals surface area contributed by atoms with Crippen molar-refractivity contribution in [3.63, 3.8) is 0 Å². The number of hydrogen-bond donors (Lipinski definition) is 0. The molecule has 1 aromatic carbocycles. The van der Waals surface area contributed by atoms with Gasteiger partial charge in [-0.2, -0.15) is 9.53 Å². The fraction of sp³-hybridized carbons (Fsp3) is 0. The van der Waals surface area contributed by atoms with Crippen molar-refractivity contribution in [1.29, 1.82) is 0 Å². The molecule has 0 saturated heterocycles. The summed E-state index contributed by atoms with van der Waals surface area (Å²) in [7, 11) is -1.04. The molecule has 0 amide bonds. The standard InChI is InChI=1S/C8H5N2PS2/c12-6-9-11(10-7-13)8-4-2-1-3-5-8/h1-5H. The molecule has 0 aliphatic heterocycles. The Labute approximate surface area is 88.3 Å². The molecule has 64 valence electrons. The average Bonchev–Trinajstić information content (AvgIpc) is 2.19. The molecule has 0 radical (unpaired) electrons. The molecule has 0 heterocycles. The quantitative estimate of drug-likeness (QED) is 0.448. The van der Waals surface area contributed by atoms with Crippen LogP contribution >= 0.6 is 32.7 Å². The van der Waals surface area contributed by atoms with Crippen molar-refractivity contribution in [2.24, 2.45) is 9.53 Å². The number of thiocarbonyl (C=S) groups is 2. The van der Waals surface area contributed by atoms with Gasteiger partial charge in [-0.05, 0) is 24.4 Å². The highest BCUT2D eigenvalue weighted by Crippen LogP contribution is 2.36. The molecule has 0 atom stereocenters. The minimum absolute atomic E-state index is 0.993. The van der Waals surface area contributed by atoms with Gasteiger partial charge >= 0.3 is 0 Å². The van der Waals surface area contributed by atoms with Crippen molar-refractivity contribution in [3.8, 4) is 0 Å².